The van der Waals surface area contributed by atoms with Crippen molar-refractivity contribution in [3.8, 4) is 5.75 Å². The summed E-state index contributed by atoms with van der Waals surface area (Å²) >= 11 is 0. The molecule has 0 unspecified atom stereocenters. The first-order valence-corrected chi connectivity index (χ1v) is 9.43. The molecule has 0 bridgehead atoms. The van der Waals surface area contributed by atoms with Crippen LogP contribution in [0.1, 0.15) is 30.5 Å². The number of nitrogens with one attached hydrogen (secondary N) is 2. The molecule has 1 aliphatic rings. The van der Waals surface area contributed by atoms with E-state index in [2.05, 4.69) is 27.6 Å². The molecule has 2 amide bonds. The lowest BCUT2D eigenvalue weighted by Crippen LogP contribution is -2.29. The fraction of sp³-hybridized carbons (Fsp3) is 0.238. The molecule has 0 saturated heterocycles. The lowest BCUT2D eigenvalue weighted by atomic mass is 10.0. The fourth-order valence-electron chi connectivity index (χ4n) is 3.25. The van der Waals surface area contributed by atoms with Gasteiger partial charge >= 0.3 is 0 Å². The summed E-state index contributed by atoms with van der Waals surface area (Å²) in [6, 6.07) is 14.8. The Labute approximate surface area is 167 Å². The summed E-state index contributed by atoms with van der Waals surface area (Å²) in [7, 11) is 0. The first kappa shape index (κ1) is 18.7. The number of rotatable bonds is 6. The molecule has 148 valence electrons. The second kappa shape index (κ2) is 8.14. The predicted molar refractivity (Wildman–Crippen MR) is 108 cm³/mol. The number of ether oxygens (including phenoxy) is 1. The smallest absolute Gasteiger partial charge is 0.262 e. The minimum atomic E-state index is -0.268. The van der Waals surface area contributed by atoms with Crippen LogP contribution < -0.4 is 15.4 Å². The molecule has 0 aliphatic carbocycles. The maximum absolute atomic E-state index is 12.2. The van der Waals surface area contributed by atoms with Gasteiger partial charge in [-0.15, -0.1) is 0 Å². The predicted octanol–water partition coefficient (Wildman–Crippen LogP) is 2.79. The molecule has 0 saturated carbocycles. The molecular formula is C21H21N5O3. The Balaban J connectivity index is 1.40. The van der Waals surface area contributed by atoms with Crippen LogP contribution in [0.3, 0.4) is 0 Å². The van der Waals surface area contributed by atoms with E-state index in [-0.39, 0.29) is 30.9 Å². The Morgan fingerprint density at radius 1 is 1.28 bits per heavy atom. The van der Waals surface area contributed by atoms with Crippen molar-refractivity contribution in [1.29, 1.82) is 0 Å². The largest absolute Gasteiger partial charge is 0.484 e. The molecule has 2 aromatic carbocycles. The van der Waals surface area contributed by atoms with Gasteiger partial charge < -0.3 is 10.1 Å². The number of amides is 2. The van der Waals surface area contributed by atoms with Crippen LogP contribution in [-0.2, 0) is 16.0 Å². The minimum Gasteiger partial charge on any atom is -0.484 e. The fourth-order valence-corrected chi connectivity index (χ4v) is 3.25. The molecule has 1 atom stereocenters. The quantitative estimate of drug-likeness (QED) is 0.673. The number of aromatic nitrogens is 3. The molecule has 2 heterocycles. The second-order valence-electron chi connectivity index (χ2n) is 6.76. The number of carbonyl (C=O) groups excluding carboxylic acids is 2. The van der Waals surface area contributed by atoms with E-state index in [0.717, 1.165) is 17.7 Å². The highest BCUT2D eigenvalue weighted by Crippen LogP contribution is 2.30. The average molecular weight is 391 g/mol. The molecule has 3 aromatic rings. The lowest BCUT2D eigenvalue weighted by molar-refractivity contribution is -0.118. The summed E-state index contributed by atoms with van der Waals surface area (Å²) < 4.78 is 7.33. The molecule has 8 heteroatoms. The maximum Gasteiger partial charge on any atom is 0.262 e. The van der Waals surface area contributed by atoms with Crippen molar-refractivity contribution in [1.82, 2.24) is 14.8 Å². The van der Waals surface area contributed by atoms with Gasteiger partial charge in [0.1, 0.15) is 12.1 Å². The van der Waals surface area contributed by atoms with Crippen LogP contribution in [0.25, 0.3) is 0 Å². The van der Waals surface area contributed by atoms with E-state index in [9.17, 15) is 9.59 Å². The van der Waals surface area contributed by atoms with E-state index in [4.69, 9.17) is 4.74 Å². The van der Waals surface area contributed by atoms with Crippen LogP contribution >= 0.6 is 0 Å². The van der Waals surface area contributed by atoms with E-state index < -0.39 is 0 Å². The summed E-state index contributed by atoms with van der Waals surface area (Å²) in [5.74, 6) is 0.614. The zero-order valence-electron chi connectivity index (χ0n) is 16.0. The first-order valence-electron chi connectivity index (χ1n) is 9.43. The Hall–Kier alpha value is -3.68. The van der Waals surface area contributed by atoms with Gasteiger partial charge in [-0.3, -0.25) is 14.9 Å². The van der Waals surface area contributed by atoms with Crippen molar-refractivity contribution in [2.24, 2.45) is 0 Å². The number of anilines is 2. The molecule has 1 aromatic heterocycles. The van der Waals surface area contributed by atoms with Crippen molar-refractivity contribution in [3.63, 3.8) is 0 Å². The number of hydrogen-bond donors (Lipinski definition) is 2. The van der Waals surface area contributed by atoms with E-state index in [1.54, 1.807) is 10.7 Å². The number of aryl methyl sites for hydroxylation is 1. The molecule has 2 N–H and O–H groups in total. The van der Waals surface area contributed by atoms with E-state index in [0.29, 0.717) is 11.7 Å². The van der Waals surface area contributed by atoms with Gasteiger partial charge in [-0.2, -0.15) is 10.1 Å². The van der Waals surface area contributed by atoms with Crippen LogP contribution in [-0.4, -0.2) is 33.2 Å². The van der Waals surface area contributed by atoms with Gasteiger partial charge in [0.15, 0.2) is 6.61 Å². The number of hydrogen-bond acceptors (Lipinski definition) is 5. The molecule has 0 radical (unpaired) electrons. The van der Waals surface area contributed by atoms with Crippen molar-refractivity contribution in [2.75, 3.05) is 17.2 Å². The number of nitrogens with zero attached hydrogens (tertiary/aromatic N) is 3. The normalized spacial score (nSPS) is 15.3. The SMILES string of the molecule is CCc1ccc(NC(=O)COc2cccc([C@@H]3CC(=O)Nc4ncnn43)c2)cc1. The molecule has 4 rings (SSSR count). The van der Waals surface area contributed by atoms with Crippen LogP contribution in [0.5, 0.6) is 5.75 Å². The zero-order valence-corrected chi connectivity index (χ0v) is 16.0. The zero-order chi connectivity index (χ0) is 20.2. The van der Waals surface area contributed by atoms with Gasteiger partial charge in [0, 0.05) is 5.69 Å². The van der Waals surface area contributed by atoms with E-state index >= 15 is 0 Å². The molecule has 29 heavy (non-hydrogen) atoms. The van der Waals surface area contributed by atoms with Crippen molar-refractivity contribution >= 4 is 23.5 Å². The van der Waals surface area contributed by atoms with Gasteiger partial charge in [-0.25, -0.2) is 4.68 Å². The Kier molecular flexibility index (Phi) is 5.24. The summed E-state index contributed by atoms with van der Waals surface area (Å²) in [4.78, 5) is 28.2. The van der Waals surface area contributed by atoms with Crippen molar-refractivity contribution < 1.29 is 14.3 Å². The Morgan fingerprint density at radius 3 is 2.90 bits per heavy atom. The number of fused-ring (bicyclic) bond motifs is 1. The van der Waals surface area contributed by atoms with Gasteiger partial charge in [-0.05, 0) is 41.8 Å². The number of carbonyl (C=O) groups is 2. The second-order valence-corrected chi connectivity index (χ2v) is 6.76. The van der Waals surface area contributed by atoms with Crippen molar-refractivity contribution in [2.45, 2.75) is 25.8 Å². The maximum atomic E-state index is 12.2. The highest BCUT2D eigenvalue weighted by atomic mass is 16.5. The standard InChI is InChI=1S/C21H21N5O3/c1-2-14-6-8-16(9-7-14)24-20(28)12-29-17-5-3-4-15(10-17)18-11-19(27)25-21-22-13-23-26(18)21/h3-10,13,18H,2,11-12H2,1H3,(H,24,28)(H,22,23,25,27)/t18-/m0/s1. The molecule has 8 nitrogen and oxygen atoms in total. The van der Waals surface area contributed by atoms with E-state index in [1.807, 2.05) is 42.5 Å². The summed E-state index contributed by atoms with van der Waals surface area (Å²) in [6.45, 7) is 1.97. The van der Waals surface area contributed by atoms with Crippen LogP contribution in [0, 0.1) is 0 Å². The summed E-state index contributed by atoms with van der Waals surface area (Å²) in [5, 5.41) is 9.71. The third kappa shape index (κ3) is 4.26. The topological polar surface area (TPSA) is 98.1 Å². The van der Waals surface area contributed by atoms with Gasteiger partial charge in [0.25, 0.3) is 5.91 Å². The van der Waals surface area contributed by atoms with Crippen LogP contribution in [0.15, 0.2) is 54.9 Å². The molecule has 1 aliphatic heterocycles. The molecule has 0 fully saturated rings. The molecule has 0 spiro atoms. The minimum absolute atomic E-state index is 0.112. The first-order chi connectivity index (χ1) is 14.1. The third-order valence-corrected chi connectivity index (χ3v) is 4.76. The molecular weight excluding hydrogens is 370 g/mol. The average Bonchev–Trinajstić information content (AvgIpc) is 3.21. The van der Waals surface area contributed by atoms with Crippen LogP contribution in [0.2, 0.25) is 0 Å². The Bertz CT molecular complexity index is 1030. The van der Waals surface area contributed by atoms with Crippen LogP contribution in [0.4, 0.5) is 11.6 Å². The van der Waals surface area contributed by atoms with E-state index in [1.165, 1.54) is 11.9 Å². The van der Waals surface area contributed by atoms with Gasteiger partial charge in [0.2, 0.25) is 11.9 Å². The third-order valence-electron chi connectivity index (χ3n) is 4.76. The van der Waals surface area contributed by atoms with Crippen molar-refractivity contribution in [3.05, 3.63) is 66.0 Å². The summed E-state index contributed by atoms with van der Waals surface area (Å²) in [6.07, 6.45) is 2.62. The summed E-state index contributed by atoms with van der Waals surface area (Å²) in [5.41, 5.74) is 2.80. The monoisotopic (exact) mass is 391 g/mol. The highest BCUT2D eigenvalue weighted by molar-refractivity contribution is 5.92. The van der Waals surface area contributed by atoms with Gasteiger partial charge in [-0.1, -0.05) is 31.2 Å². The lowest BCUT2D eigenvalue weighted by Gasteiger charge is -2.24. The van der Waals surface area contributed by atoms with Gasteiger partial charge in [0.05, 0.1) is 12.5 Å². The highest BCUT2D eigenvalue weighted by Gasteiger charge is 2.27. The number of benzene rings is 2. The Morgan fingerprint density at radius 2 is 2.10 bits per heavy atom.